The third-order valence-corrected chi connectivity index (χ3v) is 5.84. The number of benzene rings is 1. The molecule has 6 nitrogen and oxygen atoms in total. The van der Waals surface area contributed by atoms with Gasteiger partial charge in [-0.1, -0.05) is 29.8 Å². The molecule has 0 spiro atoms. The summed E-state index contributed by atoms with van der Waals surface area (Å²) in [6.07, 6.45) is 0. The first-order valence-electron chi connectivity index (χ1n) is 7.28. The van der Waals surface area contributed by atoms with Crippen molar-refractivity contribution in [2.75, 3.05) is 31.1 Å². The minimum Gasteiger partial charge on any atom is -0.354 e. The number of aryl methyl sites for hydroxylation is 1. The van der Waals surface area contributed by atoms with E-state index in [-0.39, 0.29) is 0 Å². The molecule has 0 unspecified atom stereocenters. The zero-order chi connectivity index (χ0) is 16.4. The second-order valence-corrected chi connectivity index (χ2v) is 7.63. The Hall–Kier alpha value is -1.70. The van der Waals surface area contributed by atoms with Crippen molar-refractivity contribution in [2.45, 2.75) is 11.8 Å². The van der Waals surface area contributed by atoms with Gasteiger partial charge in [-0.2, -0.15) is 4.31 Å². The summed E-state index contributed by atoms with van der Waals surface area (Å²) in [6, 6.07) is 10.2. The van der Waals surface area contributed by atoms with E-state index in [1.54, 1.807) is 43.3 Å². The molecule has 1 aromatic heterocycles. The average molecular weight is 353 g/mol. The molecule has 0 radical (unpaired) electrons. The first kappa shape index (κ1) is 16.2. The lowest BCUT2D eigenvalue weighted by Crippen LogP contribution is -2.49. The van der Waals surface area contributed by atoms with E-state index in [1.807, 2.05) is 4.90 Å². The van der Waals surface area contributed by atoms with Gasteiger partial charge >= 0.3 is 0 Å². The minimum absolute atomic E-state index is 0.328. The summed E-state index contributed by atoms with van der Waals surface area (Å²) in [5.74, 6) is 1.34. The predicted octanol–water partition coefficient (Wildman–Crippen LogP) is 1.95. The second kappa shape index (κ2) is 6.43. The molecule has 0 N–H and O–H groups in total. The Kier molecular flexibility index (Phi) is 4.52. The maximum atomic E-state index is 12.6. The number of piperazine rings is 1. The van der Waals surface area contributed by atoms with Crippen molar-refractivity contribution in [1.29, 1.82) is 0 Å². The lowest BCUT2D eigenvalue weighted by molar-refractivity contribution is 0.383. The van der Waals surface area contributed by atoms with E-state index in [2.05, 4.69) is 9.97 Å². The number of sulfonamides is 1. The van der Waals surface area contributed by atoms with Gasteiger partial charge in [-0.25, -0.2) is 18.4 Å². The Labute approximate surface area is 140 Å². The van der Waals surface area contributed by atoms with Gasteiger partial charge in [0, 0.05) is 32.2 Å². The number of hydrogen-bond donors (Lipinski definition) is 0. The molecule has 1 aromatic carbocycles. The quantitative estimate of drug-likeness (QED) is 0.790. The van der Waals surface area contributed by atoms with Crippen molar-refractivity contribution < 1.29 is 8.42 Å². The SMILES string of the molecule is Cc1nc(Cl)cc(N2CCN(S(=O)(=O)c3ccccc3)CC2)n1. The number of aromatic nitrogens is 2. The summed E-state index contributed by atoms with van der Waals surface area (Å²) in [5.41, 5.74) is 0. The predicted molar refractivity (Wildman–Crippen MR) is 89.2 cm³/mol. The van der Waals surface area contributed by atoms with E-state index in [4.69, 9.17) is 11.6 Å². The molecule has 0 aliphatic carbocycles. The summed E-state index contributed by atoms with van der Waals surface area (Å²) >= 11 is 5.97. The molecule has 1 fully saturated rings. The smallest absolute Gasteiger partial charge is 0.243 e. The number of halogens is 1. The van der Waals surface area contributed by atoms with Crippen LogP contribution in [-0.2, 0) is 10.0 Å². The zero-order valence-corrected chi connectivity index (χ0v) is 14.3. The monoisotopic (exact) mass is 352 g/mol. The molecule has 1 aliphatic heterocycles. The van der Waals surface area contributed by atoms with E-state index >= 15 is 0 Å². The van der Waals surface area contributed by atoms with Crippen LogP contribution >= 0.6 is 11.6 Å². The molecule has 0 atom stereocenters. The van der Waals surface area contributed by atoms with E-state index in [9.17, 15) is 8.42 Å². The lowest BCUT2D eigenvalue weighted by atomic mass is 10.3. The fraction of sp³-hybridized carbons (Fsp3) is 0.333. The molecular formula is C15H17ClN4O2S. The Morgan fingerprint density at radius 2 is 1.70 bits per heavy atom. The first-order valence-corrected chi connectivity index (χ1v) is 9.10. The number of rotatable bonds is 3. The Balaban J connectivity index is 1.73. The highest BCUT2D eigenvalue weighted by molar-refractivity contribution is 7.89. The molecule has 0 bridgehead atoms. The third-order valence-electron chi connectivity index (χ3n) is 3.74. The fourth-order valence-electron chi connectivity index (χ4n) is 2.58. The Bertz CT molecular complexity index is 770. The van der Waals surface area contributed by atoms with E-state index in [0.717, 1.165) is 5.82 Å². The van der Waals surface area contributed by atoms with Crippen LogP contribution in [0.4, 0.5) is 5.82 Å². The van der Waals surface area contributed by atoms with Crippen molar-refractivity contribution in [3.63, 3.8) is 0 Å². The van der Waals surface area contributed by atoms with E-state index < -0.39 is 10.0 Å². The summed E-state index contributed by atoms with van der Waals surface area (Å²) < 4.78 is 26.7. The van der Waals surface area contributed by atoms with Gasteiger partial charge in [-0.3, -0.25) is 0 Å². The highest BCUT2D eigenvalue weighted by Crippen LogP contribution is 2.21. The van der Waals surface area contributed by atoms with Crippen molar-refractivity contribution in [2.24, 2.45) is 0 Å². The molecule has 8 heteroatoms. The Morgan fingerprint density at radius 1 is 1.04 bits per heavy atom. The van der Waals surface area contributed by atoms with Crippen molar-refractivity contribution in [3.05, 3.63) is 47.4 Å². The molecule has 0 saturated carbocycles. The second-order valence-electron chi connectivity index (χ2n) is 5.30. The highest BCUT2D eigenvalue weighted by atomic mass is 35.5. The molecule has 2 heterocycles. The summed E-state index contributed by atoms with van der Waals surface area (Å²) in [5, 5.41) is 0.395. The fourth-order valence-corrected chi connectivity index (χ4v) is 4.24. The van der Waals surface area contributed by atoms with Gasteiger partial charge in [-0.05, 0) is 19.1 Å². The van der Waals surface area contributed by atoms with Crippen LogP contribution in [0.2, 0.25) is 5.15 Å². The molecule has 3 rings (SSSR count). The first-order chi connectivity index (χ1) is 11.0. The van der Waals surface area contributed by atoms with Crippen LogP contribution < -0.4 is 4.90 Å². The maximum Gasteiger partial charge on any atom is 0.243 e. The van der Waals surface area contributed by atoms with Crippen LogP contribution in [0.15, 0.2) is 41.3 Å². The Morgan fingerprint density at radius 3 is 2.30 bits per heavy atom. The zero-order valence-electron chi connectivity index (χ0n) is 12.7. The lowest BCUT2D eigenvalue weighted by Gasteiger charge is -2.34. The van der Waals surface area contributed by atoms with Crippen LogP contribution in [-0.4, -0.2) is 48.9 Å². The van der Waals surface area contributed by atoms with Crippen LogP contribution in [0.3, 0.4) is 0 Å². The summed E-state index contributed by atoms with van der Waals surface area (Å²) in [4.78, 5) is 10.8. The number of nitrogens with zero attached hydrogens (tertiary/aromatic N) is 4. The van der Waals surface area contributed by atoms with Crippen molar-refractivity contribution >= 4 is 27.4 Å². The standard InChI is InChI=1S/C15H17ClN4O2S/c1-12-17-14(16)11-15(18-12)19-7-9-20(10-8-19)23(21,22)13-5-3-2-4-6-13/h2-6,11H,7-10H2,1H3. The molecule has 2 aromatic rings. The van der Waals surface area contributed by atoms with Crippen molar-refractivity contribution in [1.82, 2.24) is 14.3 Å². The van der Waals surface area contributed by atoms with E-state index in [0.29, 0.717) is 42.1 Å². The minimum atomic E-state index is -3.44. The number of anilines is 1. The molecule has 0 amide bonds. The van der Waals surface area contributed by atoms with Crippen LogP contribution in [0.25, 0.3) is 0 Å². The van der Waals surface area contributed by atoms with Gasteiger partial charge in [0.15, 0.2) is 0 Å². The van der Waals surface area contributed by atoms with Gasteiger partial charge in [-0.15, -0.1) is 0 Å². The van der Waals surface area contributed by atoms with Crippen LogP contribution in [0, 0.1) is 6.92 Å². The van der Waals surface area contributed by atoms with Gasteiger partial charge < -0.3 is 4.90 Å². The van der Waals surface area contributed by atoms with Gasteiger partial charge in [0.1, 0.15) is 16.8 Å². The van der Waals surface area contributed by atoms with E-state index in [1.165, 1.54) is 4.31 Å². The topological polar surface area (TPSA) is 66.4 Å². The van der Waals surface area contributed by atoms with Crippen LogP contribution in [0.5, 0.6) is 0 Å². The summed E-state index contributed by atoms with van der Waals surface area (Å²) in [7, 11) is -3.44. The molecule has 1 aliphatic rings. The number of hydrogen-bond acceptors (Lipinski definition) is 5. The van der Waals surface area contributed by atoms with Gasteiger partial charge in [0.05, 0.1) is 4.90 Å². The van der Waals surface area contributed by atoms with Gasteiger partial charge in [0.2, 0.25) is 10.0 Å². The third kappa shape index (κ3) is 3.46. The molecule has 122 valence electrons. The van der Waals surface area contributed by atoms with Crippen LogP contribution in [0.1, 0.15) is 5.82 Å². The largest absolute Gasteiger partial charge is 0.354 e. The van der Waals surface area contributed by atoms with Crippen molar-refractivity contribution in [3.8, 4) is 0 Å². The molecule has 23 heavy (non-hydrogen) atoms. The molecular weight excluding hydrogens is 336 g/mol. The average Bonchev–Trinajstić information content (AvgIpc) is 2.55. The molecule has 1 saturated heterocycles. The highest BCUT2D eigenvalue weighted by Gasteiger charge is 2.28. The maximum absolute atomic E-state index is 12.6. The van der Waals surface area contributed by atoms with Gasteiger partial charge in [0.25, 0.3) is 0 Å². The normalized spacial score (nSPS) is 16.5. The summed E-state index contributed by atoms with van der Waals surface area (Å²) in [6.45, 7) is 3.75.